The van der Waals surface area contributed by atoms with Crippen molar-refractivity contribution in [1.82, 2.24) is 0 Å². The summed E-state index contributed by atoms with van der Waals surface area (Å²) in [6, 6.07) is 23.9. The average Bonchev–Trinajstić information content (AvgIpc) is 2.72. The molecule has 0 spiro atoms. The predicted octanol–water partition coefficient (Wildman–Crippen LogP) is 3.72. The molecule has 0 amide bonds. The van der Waals surface area contributed by atoms with Gasteiger partial charge in [-0.05, 0) is 17.7 Å². The number of rotatable bonds is 5. The molecule has 0 fully saturated rings. The van der Waals surface area contributed by atoms with Crippen molar-refractivity contribution in [3.05, 3.63) is 90.0 Å². The van der Waals surface area contributed by atoms with Crippen LogP contribution < -0.4 is 4.57 Å². The van der Waals surface area contributed by atoms with Gasteiger partial charge in [-0.2, -0.15) is 4.57 Å². The summed E-state index contributed by atoms with van der Waals surface area (Å²) in [4.78, 5) is 24.5. The topological polar surface area (TPSA) is 67.5 Å². The molecule has 0 bridgehead atoms. The van der Waals surface area contributed by atoms with Crippen molar-refractivity contribution in [3.8, 4) is 0 Å². The van der Waals surface area contributed by atoms with Crippen LogP contribution in [0, 0.1) is 0 Å². The number of nitrogens with zero attached hydrogens (tertiary/aromatic N) is 1. The number of pyridine rings is 1. The molecule has 0 aliphatic carbocycles. The van der Waals surface area contributed by atoms with E-state index < -0.39 is 5.97 Å². The van der Waals surface area contributed by atoms with Crippen LogP contribution in [0.5, 0.6) is 0 Å². The Labute approximate surface area is 161 Å². The average molecular weight is 372 g/mol. The van der Waals surface area contributed by atoms with Gasteiger partial charge in [0.25, 0.3) is 0 Å². The number of hydrogen-bond acceptors (Lipinski definition) is 3. The van der Waals surface area contributed by atoms with Crippen molar-refractivity contribution in [2.24, 2.45) is 0 Å². The first-order valence-corrected chi connectivity index (χ1v) is 8.91. The summed E-state index contributed by atoms with van der Waals surface area (Å²) in [5.74, 6) is -1.38. The molecule has 1 N–H and O–H groups in total. The maximum atomic E-state index is 12.5. The second kappa shape index (κ2) is 7.48. The molecule has 138 valence electrons. The number of aromatic nitrogens is 1. The number of benzene rings is 3. The van der Waals surface area contributed by atoms with Crippen molar-refractivity contribution in [2.45, 2.75) is 13.2 Å². The molecular formula is C23H18NO4+. The van der Waals surface area contributed by atoms with Gasteiger partial charge < -0.3 is 9.84 Å². The van der Waals surface area contributed by atoms with Crippen LogP contribution >= 0.6 is 0 Å². The molecule has 4 aromatic rings. The molecule has 0 unspecified atom stereocenters. The predicted molar refractivity (Wildman–Crippen MR) is 105 cm³/mol. The summed E-state index contributed by atoms with van der Waals surface area (Å²) < 4.78 is 7.24. The van der Waals surface area contributed by atoms with Gasteiger partial charge in [0.2, 0.25) is 17.6 Å². The first-order chi connectivity index (χ1) is 13.6. The summed E-state index contributed by atoms with van der Waals surface area (Å²) in [6.45, 7) is 0.192. The van der Waals surface area contributed by atoms with Crippen LogP contribution in [0.1, 0.15) is 15.9 Å². The minimum absolute atomic E-state index is 0.00619. The number of aromatic carboxylic acids is 1. The number of fused-ring (bicyclic) bond motifs is 2. The van der Waals surface area contributed by atoms with Gasteiger partial charge in [-0.15, -0.1) is 0 Å². The summed E-state index contributed by atoms with van der Waals surface area (Å²) in [5.41, 5.74) is 2.50. The lowest BCUT2D eigenvalue weighted by molar-refractivity contribution is -0.633. The van der Waals surface area contributed by atoms with E-state index in [0.717, 1.165) is 5.56 Å². The van der Waals surface area contributed by atoms with E-state index in [1.165, 1.54) is 0 Å². The zero-order valence-electron chi connectivity index (χ0n) is 15.0. The Hall–Kier alpha value is -3.73. The SMILES string of the molecule is O=C(C[n+]1c2ccccc2c(C(=O)O)c2ccccc21)OCc1ccccc1. The monoisotopic (exact) mass is 372 g/mol. The third-order valence-corrected chi connectivity index (χ3v) is 4.67. The number of ether oxygens (including phenoxy) is 1. The second-order valence-corrected chi connectivity index (χ2v) is 6.45. The Balaban J connectivity index is 1.76. The number of carboxylic acids is 1. The van der Waals surface area contributed by atoms with Crippen molar-refractivity contribution in [1.29, 1.82) is 0 Å². The van der Waals surface area contributed by atoms with E-state index in [9.17, 15) is 14.7 Å². The first kappa shape index (κ1) is 17.7. The lowest BCUT2D eigenvalue weighted by Crippen LogP contribution is -2.40. The summed E-state index contributed by atoms with van der Waals surface area (Å²) >= 11 is 0. The Morgan fingerprint density at radius 1 is 0.786 bits per heavy atom. The summed E-state index contributed by atoms with van der Waals surface area (Å²) in [7, 11) is 0. The standard InChI is InChI=1S/C23H17NO4/c25-21(28-15-16-8-2-1-3-9-16)14-24-19-12-6-4-10-17(19)22(23(26)27)18-11-5-7-13-20(18)24/h1-13H,14-15H2/p+1. The van der Waals surface area contributed by atoms with E-state index in [0.29, 0.717) is 21.8 Å². The van der Waals surface area contributed by atoms with Gasteiger partial charge in [-0.25, -0.2) is 9.59 Å². The molecule has 0 radical (unpaired) electrons. The number of carbonyl (C=O) groups is 2. The van der Waals surface area contributed by atoms with Gasteiger partial charge in [0, 0.05) is 12.1 Å². The molecule has 1 heterocycles. The molecule has 28 heavy (non-hydrogen) atoms. The second-order valence-electron chi connectivity index (χ2n) is 6.45. The van der Waals surface area contributed by atoms with E-state index in [1.807, 2.05) is 59.2 Å². The Morgan fingerprint density at radius 2 is 1.32 bits per heavy atom. The number of carboxylic acid groups (broad SMARTS) is 1. The van der Waals surface area contributed by atoms with Crippen molar-refractivity contribution < 1.29 is 24.0 Å². The third kappa shape index (κ3) is 3.30. The zero-order valence-corrected chi connectivity index (χ0v) is 15.0. The molecule has 4 rings (SSSR count). The van der Waals surface area contributed by atoms with Gasteiger partial charge in [0.1, 0.15) is 6.61 Å². The van der Waals surface area contributed by atoms with Crippen LogP contribution in [0.25, 0.3) is 21.8 Å². The minimum atomic E-state index is -0.994. The van der Waals surface area contributed by atoms with E-state index in [1.54, 1.807) is 24.3 Å². The van der Waals surface area contributed by atoms with Gasteiger partial charge in [0.05, 0.1) is 16.3 Å². The minimum Gasteiger partial charge on any atom is -0.478 e. The maximum absolute atomic E-state index is 12.5. The fourth-order valence-corrected chi connectivity index (χ4v) is 3.43. The maximum Gasteiger partial charge on any atom is 0.373 e. The molecule has 0 aliphatic rings. The number of esters is 1. The van der Waals surface area contributed by atoms with E-state index >= 15 is 0 Å². The van der Waals surface area contributed by atoms with E-state index in [2.05, 4.69) is 0 Å². The van der Waals surface area contributed by atoms with Crippen LogP contribution in [-0.2, 0) is 22.7 Å². The van der Waals surface area contributed by atoms with Gasteiger partial charge in [-0.1, -0.05) is 54.6 Å². The van der Waals surface area contributed by atoms with E-state index in [4.69, 9.17) is 4.74 Å². The van der Waals surface area contributed by atoms with Gasteiger partial charge in [-0.3, -0.25) is 0 Å². The smallest absolute Gasteiger partial charge is 0.373 e. The lowest BCUT2D eigenvalue weighted by atomic mass is 10.0. The molecular weight excluding hydrogens is 354 g/mol. The summed E-state index contributed by atoms with van der Waals surface area (Å²) in [6.07, 6.45) is 0. The highest BCUT2D eigenvalue weighted by atomic mass is 16.5. The molecule has 5 nitrogen and oxygen atoms in total. The molecule has 1 aromatic heterocycles. The van der Waals surface area contributed by atoms with Crippen molar-refractivity contribution in [3.63, 3.8) is 0 Å². The van der Waals surface area contributed by atoms with Crippen molar-refractivity contribution in [2.75, 3.05) is 0 Å². The lowest BCUT2D eigenvalue weighted by Gasteiger charge is -2.09. The van der Waals surface area contributed by atoms with Crippen LogP contribution in [0.2, 0.25) is 0 Å². The van der Waals surface area contributed by atoms with E-state index in [-0.39, 0.29) is 24.7 Å². The highest BCUT2D eigenvalue weighted by molar-refractivity contribution is 6.12. The van der Waals surface area contributed by atoms with Crippen LogP contribution in [0.15, 0.2) is 78.9 Å². The van der Waals surface area contributed by atoms with Gasteiger partial charge in [0.15, 0.2) is 0 Å². The van der Waals surface area contributed by atoms with Crippen molar-refractivity contribution >= 4 is 33.7 Å². The fourth-order valence-electron chi connectivity index (χ4n) is 3.43. The highest BCUT2D eigenvalue weighted by Gasteiger charge is 2.25. The molecule has 0 saturated carbocycles. The first-order valence-electron chi connectivity index (χ1n) is 8.91. The third-order valence-electron chi connectivity index (χ3n) is 4.67. The molecule has 0 atom stereocenters. The van der Waals surface area contributed by atoms with Gasteiger partial charge >= 0.3 is 11.9 Å². The number of carbonyl (C=O) groups excluding carboxylic acids is 1. The quantitative estimate of drug-likeness (QED) is 0.329. The van der Waals surface area contributed by atoms with Crippen LogP contribution in [0.3, 0.4) is 0 Å². The summed E-state index contributed by atoms with van der Waals surface area (Å²) in [5, 5.41) is 10.9. The Bertz CT molecular complexity index is 1130. The molecule has 3 aromatic carbocycles. The highest BCUT2D eigenvalue weighted by Crippen LogP contribution is 2.24. The zero-order chi connectivity index (χ0) is 19.5. The van der Waals surface area contributed by atoms with Crippen LogP contribution in [0.4, 0.5) is 0 Å². The Kier molecular flexibility index (Phi) is 4.72. The molecule has 0 saturated heterocycles. The number of hydrogen-bond donors (Lipinski definition) is 1. The molecule has 0 aliphatic heterocycles. The molecule has 5 heteroatoms. The number of para-hydroxylation sites is 2. The largest absolute Gasteiger partial charge is 0.478 e. The Morgan fingerprint density at radius 3 is 1.89 bits per heavy atom. The van der Waals surface area contributed by atoms with Crippen LogP contribution in [-0.4, -0.2) is 17.0 Å². The fraction of sp³-hybridized carbons (Fsp3) is 0.0870. The normalized spacial score (nSPS) is 10.9.